The van der Waals surface area contributed by atoms with Crippen LogP contribution in [0.1, 0.15) is 22.0 Å². The minimum atomic E-state index is -4.00. The SMILES string of the molecule is NC(CO)C(O)c1ccccc1.O=C(O)c1ccccc1.O=S(=O)(O)c1ccccc1. The van der Waals surface area contributed by atoms with Crippen molar-refractivity contribution in [3.63, 3.8) is 0 Å². The number of aromatic carboxylic acids is 1. The molecule has 0 aliphatic heterocycles. The van der Waals surface area contributed by atoms with Gasteiger partial charge in [-0.1, -0.05) is 66.7 Å². The number of aliphatic hydroxyl groups is 2. The maximum Gasteiger partial charge on any atom is 0.335 e. The molecule has 9 heteroatoms. The highest BCUT2D eigenvalue weighted by Gasteiger charge is 2.14. The molecule has 2 unspecified atom stereocenters. The van der Waals surface area contributed by atoms with E-state index in [1.165, 1.54) is 12.1 Å². The summed E-state index contributed by atoms with van der Waals surface area (Å²) in [5, 5.41) is 26.6. The lowest BCUT2D eigenvalue weighted by atomic mass is 10.0. The van der Waals surface area contributed by atoms with Gasteiger partial charge < -0.3 is 21.1 Å². The molecule has 0 aliphatic carbocycles. The van der Waals surface area contributed by atoms with E-state index in [4.69, 9.17) is 20.5 Å². The number of hydrogen-bond donors (Lipinski definition) is 5. The van der Waals surface area contributed by atoms with E-state index in [0.29, 0.717) is 5.56 Å². The quantitative estimate of drug-likeness (QED) is 0.373. The van der Waals surface area contributed by atoms with E-state index < -0.39 is 28.2 Å². The van der Waals surface area contributed by atoms with Gasteiger partial charge in [-0.3, -0.25) is 4.55 Å². The third kappa shape index (κ3) is 9.98. The molecule has 0 fully saturated rings. The number of carbonyl (C=O) groups is 1. The molecule has 6 N–H and O–H groups in total. The van der Waals surface area contributed by atoms with Gasteiger partial charge >= 0.3 is 5.97 Å². The molecule has 0 heterocycles. The topological polar surface area (TPSA) is 158 Å². The van der Waals surface area contributed by atoms with Crippen molar-refractivity contribution in [3.05, 3.63) is 102 Å². The molecule has 3 aromatic carbocycles. The van der Waals surface area contributed by atoms with Crippen molar-refractivity contribution < 1.29 is 33.1 Å². The number of carboxylic acids is 1. The minimum absolute atomic E-state index is 0.0741. The molecule has 0 amide bonds. The first kappa shape index (κ1) is 26.0. The Labute approximate surface area is 181 Å². The molecule has 166 valence electrons. The number of nitrogens with two attached hydrogens (primary N) is 1. The summed E-state index contributed by atoms with van der Waals surface area (Å²) in [6.07, 6.45) is -0.781. The number of rotatable bonds is 5. The summed E-state index contributed by atoms with van der Waals surface area (Å²) in [5.74, 6) is -0.879. The molecule has 2 atom stereocenters. The summed E-state index contributed by atoms with van der Waals surface area (Å²) < 4.78 is 29.2. The van der Waals surface area contributed by atoms with E-state index >= 15 is 0 Å². The highest BCUT2D eigenvalue weighted by Crippen LogP contribution is 2.14. The van der Waals surface area contributed by atoms with Crippen LogP contribution in [0.25, 0.3) is 0 Å². The molecule has 0 bridgehead atoms. The Morgan fingerprint density at radius 3 is 1.58 bits per heavy atom. The molecule has 0 aromatic heterocycles. The smallest absolute Gasteiger partial charge is 0.335 e. The molecule has 0 radical (unpaired) electrons. The second-order valence-electron chi connectivity index (χ2n) is 6.16. The summed E-state index contributed by atoms with van der Waals surface area (Å²) in [7, 11) is -4.00. The highest BCUT2D eigenvalue weighted by atomic mass is 32.2. The Hall–Kier alpha value is -3.08. The Morgan fingerprint density at radius 1 is 0.839 bits per heavy atom. The van der Waals surface area contributed by atoms with Crippen LogP contribution in [-0.4, -0.2) is 46.9 Å². The first-order chi connectivity index (χ1) is 14.7. The molecule has 8 nitrogen and oxygen atoms in total. The molecular weight excluding hydrogens is 422 g/mol. The van der Waals surface area contributed by atoms with Crippen molar-refractivity contribution in [1.82, 2.24) is 0 Å². The van der Waals surface area contributed by atoms with Gasteiger partial charge in [0, 0.05) is 0 Å². The largest absolute Gasteiger partial charge is 0.478 e. The van der Waals surface area contributed by atoms with Crippen LogP contribution in [0.2, 0.25) is 0 Å². The van der Waals surface area contributed by atoms with E-state index in [1.54, 1.807) is 60.7 Å². The van der Waals surface area contributed by atoms with Gasteiger partial charge in [0.2, 0.25) is 0 Å². The van der Waals surface area contributed by atoms with Gasteiger partial charge in [0.25, 0.3) is 10.1 Å². The third-order valence-electron chi connectivity index (χ3n) is 3.82. The average Bonchev–Trinajstić information content (AvgIpc) is 2.80. The predicted octanol–water partition coefficient (Wildman–Crippen LogP) is 2.36. The zero-order chi connectivity index (χ0) is 23.3. The summed E-state index contributed by atoms with van der Waals surface area (Å²) in [6, 6.07) is 24.2. The Morgan fingerprint density at radius 2 is 1.26 bits per heavy atom. The molecule has 31 heavy (non-hydrogen) atoms. The van der Waals surface area contributed by atoms with Gasteiger partial charge in [0.15, 0.2) is 0 Å². The number of hydrogen-bond acceptors (Lipinski definition) is 6. The van der Waals surface area contributed by atoms with Crippen molar-refractivity contribution in [2.24, 2.45) is 5.73 Å². The molecule has 0 aliphatic rings. The van der Waals surface area contributed by atoms with Gasteiger partial charge in [-0.15, -0.1) is 0 Å². The molecule has 0 saturated heterocycles. The normalized spacial score (nSPS) is 12.3. The number of carboxylic acid groups (broad SMARTS) is 1. The average molecular weight is 448 g/mol. The Balaban J connectivity index is 0.000000235. The van der Waals surface area contributed by atoms with Crippen LogP contribution in [0.15, 0.2) is 95.9 Å². The van der Waals surface area contributed by atoms with E-state index in [1.807, 2.05) is 18.2 Å². The van der Waals surface area contributed by atoms with Crippen molar-refractivity contribution in [2.45, 2.75) is 17.0 Å². The fraction of sp³-hybridized carbons (Fsp3) is 0.136. The third-order valence-corrected chi connectivity index (χ3v) is 4.69. The Bertz CT molecular complexity index is 998. The molecule has 3 rings (SSSR count). The first-order valence-corrected chi connectivity index (χ1v) is 10.5. The van der Waals surface area contributed by atoms with Crippen LogP contribution in [0.3, 0.4) is 0 Å². The summed E-state index contributed by atoms with van der Waals surface area (Å²) in [4.78, 5) is 10.1. The van der Waals surface area contributed by atoms with Crippen molar-refractivity contribution in [2.75, 3.05) is 6.61 Å². The van der Waals surface area contributed by atoms with Crippen LogP contribution >= 0.6 is 0 Å². The molecule has 3 aromatic rings. The lowest BCUT2D eigenvalue weighted by Gasteiger charge is -2.16. The Kier molecular flexibility index (Phi) is 11.1. The monoisotopic (exact) mass is 447 g/mol. The lowest BCUT2D eigenvalue weighted by molar-refractivity contribution is 0.0696. The lowest BCUT2D eigenvalue weighted by Crippen LogP contribution is -2.31. The van der Waals surface area contributed by atoms with Gasteiger partial charge in [-0.05, 0) is 29.8 Å². The molecule has 0 saturated carbocycles. The highest BCUT2D eigenvalue weighted by molar-refractivity contribution is 7.85. The van der Waals surface area contributed by atoms with Crippen LogP contribution in [0.5, 0.6) is 0 Å². The van der Waals surface area contributed by atoms with Gasteiger partial charge in [0.1, 0.15) is 0 Å². The molecule has 0 spiro atoms. The van der Waals surface area contributed by atoms with Crippen LogP contribution in [0.4, 0.5) is 0 Å². The minimum Gasteiger partial charge on any atom is -0.478 e. The van der Waals surface area contributed by atoms with Crippen LogP contribution in [-0.2, 0) is 10.1 Å². The van der Waals surface area contributed by atoms with Crippen LogP contribution in [0, 0.1) is 0 Å². The molecular formula is C22H25NO7S. The van der Waals surface area contributed by atoms with Gasteiger partial charge in [0.05, 0.1) is 29.2 Å². The van der Waals surface area contributed by atoms with E-state index in [2.05, 4.69) is 0 Å². The van der Waals surface area contributed by atoms with E-state index in [9.17, 15) is 18.3 Å². The fourth-order valence-corrected chi connectivity index (χ4v) is 2.67. The maximum atomic E-state index is 10.4. The number of benzene rings is 3. The second-order valence-corrected chi connectivity index (χ2v) is 7.58. The number of aliphatic hydroxyl groups excluding tert-OH is 2. The van der Waals surface area contributed by atoms with Crippen molar-refractivity contribution in [1.29, 1.82) is 0 Å². The van der Waals surface area contributed by atoms with Crippen molar-refractivity contribution in [3.8, 4) is 0 Å². The van der Waals surface area contributed by atoms with Crippen molar-refractivity contribution >= 4 is 16.1 Å². The van der Waals surface area contributed by atoms with Crippen LogP contribution < -0.4 is 5.73 Å². The summed E-state index contributed by atoms with van der Waals surface area (Å²) in [5.41, 5.74) is 6.51. The summed E-state index contributed by atoms with van der Waals surface area (Å²) in [6.45, 7) is -0.212. The van der Waals surface area contributed by atoms with Gasteiger partial charge in [-0.2, -0.15) is 8.42 Å². The second kappa shape index (κ2) is 13.3. The predicted molar refractivity (Wildman–Crippen MR) is 116 cm³/mol. The fourth-order valence-electron chi connectivity index (χ4n) is 2.17. The summed E-state index contributed by atoms with van der Waals surface area (Å²) >= 11 is 0. The maximum absolute atomic E-state index is 10.4. The van der Waals surface area contributed by atoms with Gasteiger partial charge in [-0.25, -0.2) is 4.79 Å². The van der Waals surface area contributed by atoms with E-state index in [0.717, 1.165) is 5.56 Å². The van der Waals surface area contributed by atoms with E-state index in [-0.39, 0.29) is 11.5 Å². The standard InChI is InChI=1S/C9H13NO2.C7H6O2.C6H6O3S/c10-8(6-11)9(12)7-4-2-1-3-5-7;8-7(9)6-4-2-1-3-5-6;7-10(8,9)6-4-2-1-3-5-6/h1-5,8-9,11-12H,6,10H2;1-5H,(H,8,9);1-5H,(H,7,8,9). The zero-order valence-corrected chi connectivity index (χ0v) is 17.3. The first-order valence-electron chi connectivity index (χ1n) is 9.07. The zero-order valence-electron chi connectivity index (χ0n) is 16.5.